The lowest BCUT2D eigenvalue weighted by Crippen LogP contribution is -2.20. The van der Waals surface area contributed by atoms with E-state index >= 15 is 0 Å². The van der Waals surface area contributed by atoms with Crippen LogP contribution in [0.2, 0.25) is 0 Å². The summed E-state index contributed by atoms with van der Waals surface area (Å²) in [5.74, 6) is 1.91. The number of benzene rings is 1. The van der Waals surface area contributed by atoms with Gasteiger partial charge in [0.15, 0.2) is 0 Å². The van der Waals surface area contributed by atoms with Gasteiger partial charge in [-0.3, -0.25) is 0 Å². The lowest BCUT2D eigenvalue weighted by Gasteiger charge is -2.26. The molecule has 0 N–H and O–H groups in total. The molecule has 3 heteroatoms. The Morgan fingerprint density at radius 1 is 1.23 bits per heavy atom. The van der Waals surface area contributed by atoms with Gasteiger partial charge in [-0.2, -0.15) is 0 Å². The first-order valence-corrected chi connectivity index (χ1v) is 8.61. The normalized spacial score (nSPS) is 17.2. The molecule has 0 spiro atoms. The highest BCUT2D eigenvalue weighted by Crippen LogP contribution is 2.38. The summed E-state index contributed by atoms with van der Waals surface area (Å²) in [5, 5.41) is 0. The summed E-state index contributed by atoms with van der Waals surface area (Å²) in [4.78, 5) is 0. The third kappa shape index (κ3) is 4.16. The van der Waals surface area contributed by atoms with Crippen molar-refractivity contribution >= 4 is 0 Å². The van der Waals surface area contributed by atoms with Crippen LogP contribution in [0.25, 0.3) is 0 Å². The molecule has 1 unspecified atom stereocenters. The predicted molar refractivity (Wildman–Crippen MR) is 89.9 cm³/mol. The third-order valence-electron chi connectivity index (χ3n) is 4.41. The van der Waals surface area contributed by atoms with Gasteiger partial charge in [-0.1, -0.05) is 32.6 Å². The van der Waals surface area contributed by atoms with E-state index in [0.29, 0.717) is 6.61 Å². The van der Waals surface area contributed by atoms with Crippen molar-refractivity contribution in [1.29, 1.82) is 0 Å². The van der Waals surface area contributed by atoms with Crippen LogP contribution in [0.15, 0.2) is 6.07 Å². The van der Waals surface area contributed by atoms with Crippen molar-refractivity contribution in [2.75, 3.05) is 13.7 Å². The van der Waals surface area contributed by atoms with Gasteiger partial charge in [0.25, 0.3) is 0 Å². The number of hydrogen-bond donors (Lipinski definition) is 0. The van der Waals surface area contributed by atoms with Gasteiger partial charge in [0, 0.05) is 11.1 Å². The second-order valence-electron chi connectivity index (χ2n) is 6.26. The fraction of sp³-hybridized carbons (Fsp3) is 0.684. The number of fused-ring (bicyclic) bond motifs is 1. The highest BCUT2D eigenvalue weighted by molar-refractivity contribution is 5.54. The summed E-state index contributed by atoms with van der Waals surface area (Å²) >= 11 is 0. The zero-order valence-electron chi connectivity index (χ0n) is 14.5. The Bertz CT molecular complexity index is 482. The van der Waals surface area contributed by atoms with Crippen molar-refractivity contribution in [2.24, 2.45) is 0 Å². The van der Waals surface area contributed by atoms with Gasteiger partial charge in [-0.25, -0.2) is 0 Å². The van der Waals surface area contributed by atoms with Gasteiger partial charge in [-0.15, -0.1) is 0 Å². The Morgan fingerprint density at radius 3 is 2.73 bits per heavy atom. The summed E-state index contributed by atoms with van der Waals surface area (Å²) in [7, 11) is 1.73. The van der Waals surface area contributed by atoms with E-state index in [-0.39, 0.29) is 6.10 Å². The Labute approximate surface area is 135 Å². The molecule has 0 aromatic heterocycles. The number of rotatable bonds is 8. The Balaban J connectivity index is 2.06. The zero-order chi connectivity index (χ0) is 15.9. The minimum atomic E-state index is 0.266. The second kappa shape index (κ2) is 8.42. The highest BCUT2D eigenvalue weighted by Gasteiger charge is 2.23. The Morgan fingerprint density at radius 2 is 2.00 bits per heavy atom. The lowest BCUT2D eigenvalue weighted by molar-refractivity contribution is 0.0390. The van der Waals surface area contributed by atoms with Crippen LogP contribution in [-0.2, 0) is 17.8 Å². The SMILES string of the molecule is CCCCCCCOc1c(C)c(OC)cc2c1COC(C)C2. The number of unbranched alkanes of at least 4 members (excludes halogenated alkanes) is 4. The van der Waals surface area contributed by atoms with Crippen LogP contribution in [0.4, 0.5) is 0 Å². The number of methoxy groups -OCH3 is 1. The maximum atomic E-state index is 6.13. The monoisotopic (exact) mass is 306 g/mol. The Hall–Kier alpha value is -1.22. The molecule has 2 rings (SSSR count). The molecule has 0 bridgehead atoms. The van der Waals surface area contributed by atoms with E-state index in [1.54, 1.807) is 7.11 Å². The molecule has 0 radical (unpaired) electrons. The van der Waals surface area contributed by atoms with Crippen LogP contribution in [-0.4, -0.2) is 19.8 Å². The van der Waals surface area contributed by atoms with Crippen LogP contribution in [0, 0.1) is 6.92 Å². The fourth-order valence-electron chi connectivity index (χ4n) is 3.06. The molecule has 0 saturated heterocycles. The van der Waals surface area contributed by atoms with Gasteiger partial charge in [-0.05, 0) is 38.3 Å². The Kier molecular flexibility index (Phi) is 6.56. The average molecular weight is 306 g/mol. The smallest absolute Gasteiger partial charge is 0.131 e. The molecule has 0 amide bonds. The third-order valence-corrected chi connectivity index (χ3v) is 4.41. The van der Waals surface area contributed by atoms with Gasteiger partial charge >= 0.3 is 0 Å². The first kappa shape index (κ1) is 17.1. The molecule has 22 heavy (non-hydrogen) atoms. The summed E-state index contributed by atoms with van der Waals surface area (Å²) in [6.07, 6.45) is 7.45. The first-order valence-electron chi connectivity index (χ1n) is 8.61. The molecule has 1 aliphatic rings. The molecule has 1 aliphatic heterocycles. The largest absolute Gasteiger partial charge is 0.496 e. The van der Waals surface area contributed by atoms with Gasteiger partial charge in [0.1, 0.15) is 11.5 Å². The standard InChI is InChI=1S/C19H30O3/c1-5-6-7-8-9-10-21-19-15(3)18(20-4)12-16-11-14(2)22-13-17(16)19/h12,14H,5-11,13H2,1-4H3. The number of ether oxygens (including phenoxy) is 3. The molecule has 1 atom stereocenters. The van der Waals surface area contributed by atoms with Crippen molar-refractivity contribution in [3.8, 4) is 11.5 Å². The van der Waals surface area contributed by atoms with E-state index in [1.807, 2.05) is 0 Å². The summed E-state index contributed by atoms with van der Waals surface area (Å²) in [5.41, 5.74) is 3.61. The minimum Gasteiger partial charge on any atom is -0.496 e. The average Bonchev–Trinajstić information content (AvgIpc) is 2.52. The maximum absolute atomic E-state index is 6.13. The summed E-state index contributed by atoms with van der Waals surface area (Å²) in [6, 6.07) is 2.15. The van der Waals surface area contributed by atoms with E-state index in [9.17, 15) is 0 Å². The van der Waals surface area contributed by atoms with Crippen molar-refractivity contribution in [3.05, 3.63) is 22.8 Å². The molecule has 1 aromatic carbocycles. The van der Waals surface area contributed by atoms with E-state index in [0.717, 1.165) is 36.5 Å². The zero-order valence-corrected chi connectivity index (χ0v) is 14.5. The molecular formula is C19H30O3. The predicted octanol–water partition coefficient (Wildman–Crippen LogP) is 4.81. The maximum Gasteiger partial charge on any atom is 0.131 e. The lowest BCUT2D eigenvalue weighted by atomic mass is 9.95. The molecular weight excluding hydrogens is 276 g/mol. The van der Waals surface area contributed by atoms with Gasteiger partial charge < -0.3 is 14.2 Å². The van der Waals surface area contributed by atoms with Crippen LogP contribution in [0.5, 0.6) is 11.5 Å². The molecule has 0 aliphatic carbocycles. The topological polar surface area (TPSA) is 27.7 Å². The molecule has 3 nitrogen and oxygen atoms in total. The van der Waals surface area contributed by atoms with Crippen molar-refractivity contribution < 1.29 is 14.2 Å². The molecule has 0 saturated carbocycles. The molecule has 124 valence electrons. The van der Waals surface area contributed by atoms with E-state index in [1.165, 1.54) is 36.8 Å². The summed E-state index contributed by atoms with van der Waals surface area (Å²) < 4.78 is 17.5. The molecule has 1 heterocycles. The summed E-state index contributed by atoms with van der Waals surface area (Å²) in [6.45, 7) is 7.85. The van der Waals surface area contributed by atoms with Crippen molar-refractivity contribution in [1.82, 2.24) is 0 Å². The highest BCUT2D eigenvalue weighted by atomic mass is 16.5. The molecule has 1 aromatic rings. The first-order chi connectivity index (χ1) is 10.7. The van der Waals surface area contributed by atoms with E-state index in [2.05, 4.69) is 26.8 Å². The van der Waals surface area contributed by atoms with Gasteiger partial charge in [0.05, 0.1) is 26.4 Å². The van der Waals surface area contributed by atoms with Crippen molar-refractivity contribution in [3.63, 3.8) is 0 Å². The number of hydrogen-bond acceptors (Lipinski definition) is 3. The van der Waals surface area contributed by atoms with Crippen LogP contribution in [0.3, 0.4) is 0 Å². The van der Waals surface area contributed by atoms with Crippen LogP contribution >= 0.6 is 0 Å². The second-order valence-corrected chi connectivity index (χ2v) is 6.26. The van der Waals surface area contributed by atoms with Crippen LogP contribution < -0.4 is 9.47 Å². The fourth-order valence-corrected chi connectivity index (χ4v) is 3.06. The van der Waals surface area contributed by atoms with Crippen molar-refractivity contribution in [2.45, 2.75) is 72.0 Å². The van der Waals surface area contributed by atoms with E-state index in [4.69, 9.17) is 14.2 Å². The van der Waals surface area contributed by atoms with Crippen LogP contribution in [0.1, 0.15) is 62.6 Å². The van der Waals surface area contributed by atoms with Gasteiger partial charge in [0.2, 0.25) is 0 Å². The quantitative estimate of drug-likeness (QED) is 0.645. The van der Waals surface area contributed by atoms with E-state index < -0.39 is 0 Å². The minimum absolute atomic E-state index is 0.266. The molecule has 0 fully saturated rings.